The van der Waals surface area contributed by atoms with Gasteiger partial charge in [0.15, 0.2) is 0 Å². The number of piperidine rings is 1. The fraction of sp³-hybridized carbons (Fsp3) is 0.438. The smallest absolute Gasteiger partial charge is 0.0946 e. The minimum Gasteiger partial charge on any atom is -0.337 e. The van der Waals surface area contributed by atoms with Gasteiger partial charge in [0.2, 0.25) is 0 Å². The number of likely N-dealkylation sites (tertiary alicyclic amines) is 1. The summed E-state index contributed by atoms with van der Waals surface area (Å²) in [5, 5.41) is 0.828. The first kappa shape index (κ1) is 13.7. The van der Waals surface area contributed by atoms with Gasteiger partial charge in [-0.2, -0.15) is 0 Å². The van der Waals surface area contributed by atoms with Crippen LogP contribution in [0.3, 0.4) is 0 Å². The molecule has 1 atom stereocenters. The summed E-state index contributed by atoms with van der Waals surface area (Å²) in [6.45, 7) is 4.42. The normalized spacial score (nSPS) is 20.1. The molecule has 1 aromatic carbocycles. The second-order valence-electron chi connectivity index (χ2n) is 5.63. The Hall–Kier alpha value is -1.32. The molecule has 2 heterocycles. The van der Waals surface area contributed by atoms with Crippen LogP contribution in [-0.4, -0.2) is 27.5 Å². The molecular formula is C16H20ClN3. The predicted molar refractivity (Wildman–Crippen MR) is 81.7 cm³/mol. The number of hydrogen-bond acceptors (Lipinski definition) is 2. The maximum Gasteiger partial charge on any atom is 0.0946 e. The van der Waals surface area contributed by atoms with Crippen molar-refractivity contribution in [2.45, 2.75) is 25.9 Å². The Balaban J connectivity index is 1.57. The van der Waals surface area contributed by atoms with Gasteiger partial charge in [0.05, 0.1) is 6.33 Å². The van der Waals surface area contributed by atoms with Crippen LogP contribution in [0, 0.1) is 5.92 Å². The third kappa shape index (κ3) is 3.62. The molecular weight excluding hydrogens is 270 g/mol. The number of benzene rings is 1. The molecule has 0 radical (unpaired) electrons. The van der Waals surface area contributed by atoms with Gasteiger partial charge in [-0.15, -0.1) is 0 Å². The highest BCUT2D eigenvalue weighted by atomic mass is 35.5. The number of aromatic nitrogens is 2. The Morgan fingerprint density at radius 1 is 1.35 bits per heavy atom. The average Bonchev–Trinajstić information content (AvgIpc) is 2.92. The van der Waals surface area contributed by atoms with E-state index >= 15 is 0 Å². The van der Waals surface area contributed by atoms with Gasteiger partial charge in [-0.1, -0.05) is 23.7 Å². The van der Waals surface area contributed by atoms with Gasteiger partial charge in [-0.3, -0.25) is 4.90 Å². The Labute approximate surface area is 125 Å². The first-order valence-electron chi connectivity index (χ1n) is 7.22. The maximum atomic E-state index is 6.06. The molecule has 2 aromatic rings. The van der Waals surface area contributed by atoms with E-state index in [1.54, 1.807) is 0 Å². The van der Waals surface area contributed by atoms with E-state index in [-0.39, 0.29) is 0 Å². The molecule has 0 aliphatic carbocycles. The van der Waals surface area contributed by atoms with Crippen LogP contribution in [0.1, 0.15) is 18.4 Å². The van der Waals surface area contributed by atoms with Gasteiger partial charge in [0.1, 0.15) is 0 Å². The van der Waals surface area contributed by atoms with Crippen molar-refractivity contribution in [3.8, 4) is 0 Å². The zero-order chi connectivity index (χ0) is 13.8. The zero-order valence-corrected chi connectivity index (χ0v) is 12.3. The summed E-state index contributed by atoms with van der Waals surface area (Å²) in [5.41, 5.74) is 1.31. The summed E-state index contributed by atoms with van der Waals surface area (Å²) in [6, 6.07) is 8.19. The number of halogens is 1. The molecule has 4 heteroatoms. The third-order valence-electron chi connectivity index (χ3n) is 3.93. The summed E-state index contributed by atoms with van der Waals surface area (Å²) in [6.07, 6.45) is 8.41. The van der Waals surface area contributed by atoms with E-state index in [9.17, 15) is 0 Å². The molecule has 1 fully saturated rings. The molecule has 106 valence electrons. The Bertz CT molecular complexity index is 538. The largest absolute Gasteiger partial charge is 0.337 e. The highest BCUT2D eigenvalue weighted by molar-refractivity contribution is 6.30. The highest BCUT2D eigenvalue weighted by Crippen LogP contribution is 2.21. The molecule has 0 unspecified atom stereocenters. The van der Waals surface area contributed by atoms with Crippen molar-refractivity contribution in [1.29, 1.82) is 0 Å². The lowest BCUT2D eigenvalue weighted by Crippen LogP contribution is -2.36. The second kappa shape index (κ2) is 6.42. The van der Waals surface area contributed by atoms with Crippen LogP contribution in [0.25, 0.3) is 0 Å². The molecule has 0 bridgehead atoms. The predicted octanol–water partition coefficient (Wildman–Crippen LogP) is 3.45. The lowest BCUT2D eigenvalue weighted by molar-refractivity contribution is 0.156. The van der Waals surface area contributed by atoms with E-state index < -0.39 is 0 Å². The molecule has 0 N–H and O–H groups in total. The minimum atomic E-state index is 0.720. The molecule has 1 aliphatic rings. The van der Waals surface area contributed by atoms with E-state index in [0.717, 1.165) is 30.6 Å². The van der Waals surface area contributed by atoms with Gasteiger partial charge >= 0.3 is 0 Å². The molecule has 20 heavy (non-hydrogen) atoms. The van der Waals surface area contributed by atoms with Crippen molar-refractivity contribution in [1.82, 2.24) is 14.5 Å². The van der Waals surface area contributed by atoms with Gasteiger partial charge < -0.3 is 4.57 Å². The number of imidazole rings is 1. The summed E-state index contributed by atoms with van der Waals surface area (Å²) >= 11 is 6.06. The molecule has 1 aliphatic heterocycles. The number of rotatable bonds is 4. The highest BCUT2D eigenvalue weighted by Gasteiger charge is 2.20. The average molecular weight is 290 g/mol. The van der Waals surface area contributed by atoms with Crippen LogP contribution >= 0.6 is 11.6 Å². The standard InChI is InChI=1S/C16H20ClN3/c17-16-5-1-3-14(9-16)10-19-7-2-4-15(11-19)12-20-8-6-18-13-20/h1,3,5-6,8-9,13,15H,2,4,7,10-12H2/t15-/m0/s1. The number of nitrogens with zero attached hydrogens (tertiary/aromatic N) is 3. The van der Waals surface area contributed by atoms with Gasteiger partial charge in [-0.25, -0.2) is 4.98 Å². The second-order valence-corrected chi connectivity index (χ2v) is 6.07. The lowest BCUT2D eigenvalue weighted by Gasteiger charge is -2.33. The summed E-state index contributed by atoms with van der Waals surface area (Å²) in [5.74, 6) is 0.720. The fourth-order valence-corrected chi connectivity index (χ4v) is 3.24. The summed E-state index contributed by atoms with van der Waals surface area (Å²) in [4.78, 5) is 6.66. The van der Waals surface area contributed by atoms with Gasteiger partial charge in [-0.05, 0) is 43.0 Å². The Kier molecular flexibility index (Phi) is 4.38. The van der Waals surface area contributed by atoms with Crippen molar-refractivity contribution >= 4 is 11.6 Å². The van der Waals surface area contributed by atoms with Crippen LogP contribution < -0.4 is 0 Å². The molecule has 1 aromatic heterocycles. The first-order chi connectivity index (χ1) is 9.79. The third-order valence-corrected chi connectivity index (χ3v) is 4.16. The van der Waals surface area contributed by atoms with E-state index in [0.29, 0.717) is 0 Å². The van der Waals surface area contributed by atoms with E-state index in [2.05, 4.69) is 32.8 Å². The quantitative estimate of drug-likeness (QED) is 0.860. The van der Waals surface area contributed by atoms with Crippen molar-refractivity contribution in [2.24, 2.45) is 5.92 Å². The van der Waals surface area contributed by atoms with E-state index in [1.165, 1.54) is 24.9 Å². The van der Waals surface area contributed by atoms with Crippen LogP contribution in [0.5, 0.6) is 0 Å². The molecule has 1 saturated heterocycles. The number of hydrogen-bond donors (Lipinski definition) is 0. The van der Waals surface area contributed by atoms with Crippen molar-refractivity contribution < 1.29 is 0 Å². The topological polar surface area (TPSA) is 21.1 Å². The maximum absolute atomic E-state index is 6.06. The van der Waals surface area contributed by atoms with Crippen molar-refractivity contribution in [3.63, 3.8) is 0 Å². The van der Waals surface area contributed by atoms with Crippen molar-refractivity contribution in [3.05, 3.63) is 53.6 Å². The lowest BCUT2D eigenvalue weighted by atomic mass is 9.97. The summed E-state index contributed by atoms with van der Waals surface area (Å²) < 4.78 is 2.19. The van der Waals surface area contributed by atoms with Crippen LogP contribution in [0.4, 0.5) is 0 Å². The van der Waals surface area contributed by atoms with E-state index in [4.69, 9.17) is 11.6 Å². The van der Waals surface area contributed by atoms with Gasteiger partial charge in [0, 0.05) is 37.1 Å². The SMILES string of the molecule is Clc1cccc(CN2CCC[C@H](Cn3ccnc3)C2)c1. The molecule has 0 spiro atoms. The molecule has 0 amide bonds. The van der Waals surface area contributed by atoms with E-state index in [1.807, 2.05) is 24.7 Å². The van der Waals surface area contributed by atoms with Crippen LogP contribution in [0.15, 0.2) is 43.0 Å². The molecule has 3 rings (SSSR count). The Morgan fingerprint density at radius 3 is 3.10 bits per heavy atom. The first-order valence-corrected chi connectivity index (χ1v) is 7.60. The zero-order valence-electron chi connectivity index (χ0n) is 11.6. The minimum absolute atomic E-state index is 0.720. The van der Waals surface area contributed by atoms with Crippen LogP contribution in [0.2, 0.25) is 5.02 Å². The van der Waals surface area contributed by atoms with Gasteiger partial charge in [0.25, 0.3) is 0 Å². The Morgan fingerprint density at radius 2 is 2.30 bits per heavy atom. The van der Waals surface area contributed by atoms with Crippen molar-refractivity contribution in [2.75, 3.05) is 13.1 Å². The molecule has 3 nitrogen and oxygen atoms in total. The summed E-state index contributed by atoms with van der Waals surface area (Å²) in [7, 11) is 0. The monoisotopic (exact) mass is 289 g/mol. The fourth-order valence-electron chi connectivity index (χ4n) is 3.03. The molecule has 0 saturated carbocycles. The van der Waals surface area contributed by atoms with Crippen LogP contribution in [-0.2, 0) is 13.1 Å².